The van der Waals surface area contributed by atoms with Gasteiger partial charge in [0.25, 0.3) is 11.5 Å². The SMILES string of the molecule is CCCNC(=O)c1cc(C)[nH]c(=O)c1OS. The molecule has 1 heterocycles. The average Bonchev–Trinajstić information content (AvgIpc) is 2.24. The summed E-state index contributed by atoms with van der Waals surface area (Å²) >= 11 is 3.57. The first-order chi connectivity index (χ1) is 7.60. The molecule has 0 atom stereocenters. The van der Waals surface area contributed by atoms with E-state index in [2.05, 4.69) is 27.4 Å². The van der Waals surface area contributed by atoms with Crippen LogP contribution in [0.3, 0.4) is 0 Å². The van der Waals surface area contributed by atoms with Gasteiger partial charge in [0.2, 0.25) is 5.75 Å². The van der Waals surface area contributed by atoms with Crippen LogP contribution >= 0.6 is 12.9 Å². The maximum absolute atomic E-state index is 11.7. The molecule has 1 amide bonds. The van der Waals surface area contributed by atoms with Crippen molar-refractivity contribution < 1.29 is 8.98 Å². The summed E-state index contributed by atoms with van der Waals surface area (Å²) in [5.41, 5.74) is 0.335. The number of H-pyrrole nitrogens is 1. The molecule has 0 aliphatic heterocycles. The van der Waals surface area contributed by atoms with Crippen molar-refractivity contribution in [2.45, 2.75) is 20.3 Å². The third-order valence-corrected chi connectivity index (χ3v) is 2.18. The summed E-state index contributed by atoms with van der Waals surface area (Å²) in [6, 6.07) is 1.55. The maximum Gasteiger partial charge on any atom is 0.292 e. The largest absolute Gasteiger partial charge is 0.422 e. The lowest BCUT2D eigenvalue weighted by molar-refractivity contribution is 0.0952. The molecule has 1 aromatic heterocycles. The highest BCUT2D eigenvalue weighted by molar-refractivity contribution is 7.75. The Hall–Kier alpha value is -1.43. The molecule has 6 heteroatoms. The number of hydrogen-bond donors (Lipinski definition) is 3. The lowest BCUT2D eigenvalue weighted by atomic mass is 10.2. The van der Waals surface area contributed by atoms with Crippen LogP contribution < -0.4 is 15.1 Å². The minimum absolute atomic E-state index is 0.0810. The van der Waals surface area contributed by atoms with Crippen molar-refractivity contribution in [1.82, 2.24) is 10.3 Å². The van der Waals surface area contributed by atoms with E-state index in [9.17, 15) is 9.59 Å². The van der Waals surface area contributed by atoms with E-state index in [1.54, 1.807) is 13.0 Å². The first kappa shape index (κ1) is 12.6. The fourth-order valence-corrected chi connectivity index (χ4v) is 1.45. The highest BCUT2D eigenvalue weighted by atomic mass is 32.1. The normalized spacial score (nSPS) is 9.94. The fraction of sp³-hybridized carbons (Fsp3) is 0.400. The predicted molar refractivity (Wildman–Crippen MR) is 64.0 cm³/mol. The predicted octanol–water partition coefficient (Wildman–Crippen LogP) is 1.05. The van der Waals surface area contributed by atoms with Crippen molar-refractivity contribution in [3.63, 3.8) is 0 Å². The fourth-order valence-electron chi connectivity index (χ4n) is 1.27. The lowest BCUT2D eigenvalue weighted by Gasteiger charge is -2.07. The molecule has 88 valence electrons. The van der Waals surface area contributed by atoms with Gasteiger partial charge in [0.15, 0.2) is 0 Å². The van der Waals surface area contributed by atoms with E-state index < -0.39 is 5.56 Å². The van der Waals surface area contributed by atoms with Crippen LogP contribution in [0.5, 0.6) is 5.75 Å². The van der Waals surface area contributed by atoms with E-state index in [-0.39, 0.29) is 17.2 Å². The summed E-state index contributed by atoms with van der Waals surface area (Å²) in [6.07, 6.45) is 0.824. The van der Waals surface area contributed by atoms with E-state index in [1.165, 1.54) is 0 Å². The summed E-state index contributed by atoms with van der Waals surface area (Å²) in [5.74, 6) is -0.414. The van der Waals surface area contributed by atoms with Crippen molar-refractivity contribution in [3.05, 3.63) is 27.7 Å². The zero-order chi connectivity index (χ0) is 12.1. The summed E-state index contributed by atoms with van der Waals surface area (Å²) in [5, 5.41) is 2.67. The van der Waals surface area contributed by atoms with Crippen LogP contribution in [0, 0.1) is 6.92 Å². The summed E-state index contributed by atoms with van der Waals surface area (Å²) in [6.45, 7) is 4.19. The van der Waals surface area contributed by atoms with E-state index in [0.717, 1.165) is 6.42 Å². The molecule has 0 radical (unpaired) electrons. The number of hydrogen-bond acceptors (Lipinski definition) is 4. The number of rotatable bonds is 4. The van der Waals surface area contributed by atoms with Crippen molar-refractivity contribution in [2.24, 2.45) is 0 Å². The third-order valence-electron chi connectivity index (χ3n) is 1.99. The molecule has 2 N–H and O–H groups in total. The number of aryl methyl sites for hydroxylation is 1. The number of carbonyl (C=O) groups is 1. The number of pyridine rings is 1. The second-order valence-electron chi connectivity index (χ2n) is 3.37. The Bertz CT molecular complexity index is 442. The average molecular weight is 242 g/mol. The Balaban J connectivity index is 3.11. The second-order valence-corrected chi connectivity index (χ2v) is 3.55. The summed E-state index contributed by atoms with van der Waals surface area (Å²) in [7, 11) is 0. The quantitative estimate of drug-likeness (QED) is 0.546. The van der Waals surface area contributed by atoms with E-state index in [4.69, 9.17) is 0 Å². The molecule has 0 saturated heterocycles. The van der Waals surface area contributed by atoms with Crippen LogP contribution in [-0.2, 0) is 0 Å². The van der Waals surface area contributed by atoms with Crippen molar-refractivity contribution in [3.8, 4) is 5.75 Å². The standard InChI is InChI=1S/C10H14N2O3S/c1-3-4-11-9(13)7-5-6(2)12-10(14)8(7)15-16/h5,16H,3-4H2,1-2H3,(H,11,13)(H,12,14). The van der Waals surface area contributed by atoms with Crippen LogP contribution in [-0.4, -0.2) is 17.4 Å². The zero-order valence-electron chi connectivity index (χ0n) is 9.16. The van der Waals surface area contributed by atoms with Gasteiger partial charge in [-0.2, -0.15) is 0 Å². The molecular weight excluding hydrogens is 228 g/mol. The number of aromatic amines is 1. The van der Waals surface area contributed by atoms with E-state index >= 15 is 0 Å². The molecule has 0 unspecified atom stereocenters. The van der Waals surface area contributed by atoms with Gasteiger partial charge in [-0.1, -0.05) is 6.92 Å². The van der Waals surface area contributed by atoms with Gasteiger partial charge in [0.1, 0.15) is 0 Å². The van der Waals surface area contributed by atoms with Crippen molar-refractivity contribution >= 4 is 18.8 Å². The molecule has 0 bridgehead atoms. The van der Waals surface area contributed by atoms with Crippen LogP contribution in [0.15, 0.2) is 10.9 Å². The van der Waals surface area contributed by atoms with Gasteiger partial charge in [-0.15, -0.1) is 0 Å². The Morgan fingerprint density at radius 2 is 2.31 bits per heavy atom. The monoisotopic (exact) mass is 242 g/mol. The number of carbonyl (C=O) groups excluding carboxylic acids is 1. The first-order valence-corrected chi connectivity index (χ1v) is 5.30. The minimum atomic E-state index is -0.461. The molecule has 0 aliphatic rings. The highest BCUT2D eigenvalue weighted by Gasteiger charge is 2.16. The Kier molecular flexibility index (Phi) is 4.42. The number of nitrogens with one attached hydrogen (secondary N) is 2. The molecule has 1 rings (SSSR count). The molecule has 1 aromatic rings. The highest BCUT2D eigenvalue weighted by Crippen LogP contribution is 2.14. The second kappa shape index (κ2) is 5.60. The minimum Gasteiger partial charge on any atom is -0.422 e. The van der Waals surface area contributed by atoms with Crippen LogP contribution in [0.4, 0.5) is 0 Å². The van der Waals surface area contributed by atoms with Crippen LogP contribution in [0.2, 0.25) is 0 Å². The van der Waals surface area contributed by atoms with Gasteiger partial charge in [-0.05, 0) is 19.4 Å². The van der Waals surface area contributed by atoms with Gasteiger partial charge in [-0.25, -0.2) is 0 Å². The van der Waals surface area contributed by atoms with Crippen LogP contribution in [0.1, 0.15) is 29.4 Å². The van der Waals surface area contributed by atoms with Crippen molar-refractivity contribution in [1.29, 1.82) is 0 Å². The van der Waals surface area contributed by atoms with Gasteiger partial charge >= 0.3 is 0 Å². The number of amides is 1. The van der Waals surface area contributed by atoms with E-state index in [0.29, 0.717) is 12.2 Å². The summed E-state index contributed by atoms with van der Waals surface area (Å²) < 4.78 is 4.62. The molecule has 16 heavy (non-hydrogen) atoms. The number of aromatic nitrogens is 1. The Morgan fingerprint density at radius 3 is 2.88 bits per heavy atom. The number of thiol groups is 1. The van der Waals surface area contributed by atoms with Crippen molar-refractivity contribution in [2.75, 3.05) is 6.54 Å². The Morgan fingerprint density at radius 1 is 1.62 bits per heavy atom. The van der Waals surface area contributed by atoms with Gasteiger partial charge in [-0.3, -0.25) is 9.59 Å². The molecular formula is C10H14N2O3S. The molecule has 0 spiro atoms. The zero-order valence-corrected chi connectivity index (χ0v) is 10.1. The van der Waals surface area contributed by atoms with Gasteiger partial charge in [0.05, 0.1) is 5.56 Å². The Labute approximate surface area is 98.8 Å². The molecule has 0 fully saturated rings. The topological polar surface area (TPSA) is 71.2 Å². The van der Waals surface area contributed by atoms with Gasteiger partial charge in [0, 0.05) is 25.1 Å². The molecule has 5 nitrogen and oxygen atoms in total. The molecule has 0 aromatic carbocycles. The van der Waals surface area contributed by atoms with Crippen LogP contribution in [0.25, 0.3) is 0 Å². The lowest BCUT2D eigenvalue weighted by Crippen LogP contribution is -2.26. The first-order valence-electron chi connectivity index (χ1n) is 4.93. The maximum atomic E-state index is 11.7. The van der Waals surface area contributed by atoms with E-state index in [1.807, 2.05) is 6.92 Å². The molecule has 0 aliphatic carbocycles. The third kappa shape index (κ3) is 2.79. The van der Waals surface area contributed by atoms with Gasteiger partial charge < -0.3 is 14.5 Å². The smallest absolute Gasteiger partial charge is 0.292 e. The molecule has 0 saturated carbocycles. The summed E-state index contributed by atoms with van der Waals surface area (Å²) in [4.78, 5) is 25.7.